The van der Waals surface area contributed by atoms with Crippen LogP contribution in [-0.2, 0) is 22.4 Å². The molecule has 2 atom stereocenters. The number of rotatable bonds is 9. The molecule has 0 saturated carbocycles. The Balaban J connectivity index is 1.98. The molecule has 2 rings (SSSR count). The molecule has 168 valence electrons. The van der Waals surface area contributed by atoms with Crippen molar-refractivity contribution in [2.75, 3.05) is 13.7 Å². The molecule has 2 aromatic rings. The lowest BCUT2D eigenvalue weighted by Gasteiger charge is -2.27. The number of aliphatic hydroxyl groups excluding tert-OH is 1. The normalized spacial score (nSPS) is 13.2. The number of ether oxygens (including phenoxy) is 2. The molecule has 31 heavy (non-hydrogen) atoms. The van der Waals surface area contributed by atoms with Gasteiger partial charge in [0.05, 0.1) is 24.8 Å². The molecular formula is C24H32N2O5. The Morgan fingerprint density at radius 3 is 2.35 bits per heavy atom. The maximum absolute atomic E-state index is 12.3. The van der Waals surface area contributed by atoms with Gasteiger partial charge < -0.3 is 25.2 Å². The van der Waals surface area contributed by atoms with Crippen molar-refractivity contribution in [3.63, 3.8) is 0 Å². The van der Waals surface area contributed by atoms with E-state index < -0.39 is 29.8 Å². The minimum Gasteiger partial charge on any atom is -0.465 e. The quantitative estimate of drug-likeness (QED) is 0.531. The maximum atomic E-state index is 12.3. The van der Waals surface area contributed by atoms with Gasteiger partial charge >= 0.3 is 12.1 Å². The number of benzene rings is 2. The van der Waals surface area contributed by atoms with Crippen molar-refractivity contribution in [1.82, 2.24) is 10.6 Å². The molecular weight excluding hydrogens is 396 g/mol. The standard InChI is InChI=1S/C24H32N2O5/c1-24(2,3)31-23(29)26-20(14-17-9-6-5-7-10-17)21(27)16-25-15-18-11-8-12-19(13-18)22(28)30-4/h5-13,20-21,25,27H,14-16H2,1-4H3,(H,26,29)/t20-,21+/m0/s1. The Morgan fingerprint density at radius 2 is 1.71 bits per heavy atom. The second kappa shape index (κ2) is 11.5. The lowest BCUT2D eigenvalue weighted by Crippen LogP contribution is -2.49. The van der Waals surface area contributed by atoms with Crippen molar-refractivity contribution in [2.24, 2.45) is 0 Å². The fourth-order valence-corrected chi connectivity index (χ4v) is 3.04. The van der Waals surface area contributed by atoms with Gasteiger partial charge in [-0.2, -0.15) is 0 Å². The van der Waals surface area contributed by atoms with Crippen LogP contribution in [0.5, 0.6) is 0 Å². The van der Waals surface area contributed by atoms with Crippen LogP contribution in [0.15, 0.2) is 54.6 Å². The third-order valence-electron chi connectivity index (χ3n) is 4.50. The highest BCUT2D eigenvalue weighted by Gasteiger charge is 2.25. The smallest absolute Gasteiger partial charge is 0.407 e. The van der Waals surface area contributed by atoms with E-state index in [1.807, 2.05) is 36.4 Å². The van der Waals surface area contributed by atoms with E-state index in [1.54, 1.807) is 39.0 Å². The molecule has 7 nitrogen and oxygen atoms in total. The Kier molecular flexibility index (Phi) is 9.03. The summed E-state index contributed by atoms with van der Waals surface area (Å²) in [7, 11) is 1.34. The van der Waals surface area contributed by atoms with Gasteiger partial charge in [0.25, 0.3) is 0 Å². The number of alkyl carbamates (subject to hydrolysis) is 1. The van der Waals surface area contributed by atoms with E-state index in [-0.39, 0.29) is 6.54 Å². The van der Waals surface area contributed by atoms with Crippen LogP contribution in [0.3, 0.4) is 0 Å². The fraction of sp³-hybridized carbons (Fsp3) is 0.417. The van der Waals surface area contributed by atoms with Gasteiger partial charge in [0.2, 0.25) is 0 Å². The number of amides is 1. The number of aliphatic hydroxyl groups is 1. The summed E-state index contributed by atoms with van der Waals surface area (Å²) in [5, 5.41) is 16.7. The van der Waals surface area contributed by atoms with Gasteiger partial charge in [-0.25, -0.2) is 9.59 Å². The number of hydrogen-bond donors (Lipinski definition) is 3. The third-order valence-corrected chi connectivity index (χ3v) is 4.50. The summed E-state index contributed by atoms with van der Waals surface area (Å²) in [6, 6.07) is 16.2. The predicted molar refractivity (Wildman–Crippen MR) is 119 cm³/mol. The molecule has 0 fully saturated rings. The van der Waals surface area contributed by atoms with E-state index in [2.05, 4.69) is 10.6 Å². The van der Waals surface area contributed by atoms with E-state index in [0.717, 1.165) is 11.1 Å². The number of hydrogen-bond acceptors (Lipinski definition) is 6. The molecule has 7 heteroatoms. The van der Waals surface area contributed by atoms with Crippen molar-refractivity contribution in [3.05, 3.63) is 71.3 Å². The SMILES string of the molecule is COC(=O)c1cccc(CNC[C@@H](O)[C@H](Cc2ccccc2)NC(=O)OC(C)(C)C)c1. The van der Waals surface area contributed by atoms with Crippen LogP contribution >= 0.6 is 0 Å². The number of nitrogens with one attached hydrogen (secondary N) is 2. The maximum Gasteiger partial charge on any atom is 0.407 e. The molecule has 1 amide bonds. The molecule has 0 aliphatic carbocycles. The largest absolute Gasteiger partial charge is 0.465 e. The molecule has 0 spiro atoms. The van der Waals surface area contributed by atoms with Crippen molar-refractivity contribution >= 4 is 12.1 Å². The van der Waals surface area contributed by atoms with Crippen LogP contribution in [0.4, 0.5) is 4.79 Å². The van der Waals surface area contributed by atoms with Gasteiger partial charge in [0.15, 0.2) is 0 Å². The molecule has 3 N–H and O–H groups in total. The highest BCUT2D eigenvalue weighted by Crippen LogP contribution is 2.11. The molecule has 2 aromatic carbocycles. The summed E-state index contributed by atoms with van der Waals surface area (Å²) in [5.41, 5.74) is 1.72. The van der Waals surface area contributed by atoms with E-state index in [0.29, 0.717) is 18.5 Å². The summed E-state index contributed by atoms with van der Waals surface area (Å²) >= 11 is 0. The molecule has 0 unspecified atom stereocenters. The summed E-state index contributed by atoms with van der Waals surface area (Å²) in [6.07, 6.45) is -0.962. The first-order valence-corrected chi connectivity index (χ1v) is 10.3. The van der Waals surface area contributed by atoms with Crippen molar-refractivity contribution in [1.29, 1.82) is 0 Å². The first-order valence-electron chi connectivity index (χ1n) is 10.3. The number of carbonyl (C=O) groups excluding carboxylic acids is 2. The first kappa shape index (κ1) is 24.4. The summed E-state index contributed by atoms with van der Waals surface area (Å²) in [6.45, 7) is 6.07. The summed E-state index contributed by atoms with van der Waals surface area (Å²) in [4.78, 5) is 24.0. The van der Waals surface area contributed by atoms with Crippen LogP contribution in [0, 0.1) is 0 Å². The van der Waals surface area contributed by atoms with Crippen molar-refractivity contribution in [2.45, 2.75) is 51.5 Å². The van der Waals surface area contributed by atoms with E-state index in [1.165, 1.54) is 7.11 Å². The predicted octanol–water partition coefficient (Wildman–Crippen LogP) is 3.06. The lowest BCUT2D eigenvalue weighted by molar-refractivity contribution is 0.0422. The van der Waals surface area contributed by atoms with Crippen molar-refractivity contribution in [3.8, 4) is 0 Å². The van der Waals surface area contributed by atoms with E-state index in [4.69, 9.17) is 9.47 Å². The number of carbonyl (C=O) groups is 2. The topological polar surface area (TPSA) is 96.9 Å². The van der Waals surface area contributed by atoms with Gasteiger partial charge in [-0.05, 0) is 50.5 Å². The number of esters is 1. The lowest BCUT2D eigenvalue weighted by atomic mass is 10.0. The Morgan fingerprint density at radius 1 is 1.03 bits per heavy atom. The van der Waals surface area contributed by atoms with Gasteiger partial charge in [-0.15, -0.1) is 0 Å². The Bertz CT molecular complexity index is 849. The van der Waals surface area contributed by atoms with Gasteiger partial charge in [0, 0.05) is 13.1 Å². The monoisotopic (exact) mass is 428 g/mol. The molecule has 0 heterocycles. The van der Waals surface area contributed by atoms with Crippen LogP contribution in [0.25, 0.3) is 0 Å². The zero-order valence-electron chi connectivity index (χ0n) is 18.6. The minimum absolute atomic E-state index is 0.246. The summed E-state index contributed by atoms with van der Waals surface area (Å²) < 4.78 is 10.1. The molecule has 0 saturated heterocycles. The molecule has 0 bridgehead atoms. The second-order valence-electron chi connectivity index (χ2n) is 8.33. The third kappa shape index (κ3) is 8.78. The van der Waals surface area contributed by atoms with Gasteiger partial charge in [-0.1, -0.05) is 42.5 Å². The zero-order chi connectivity index (χ0) is 22.9. The van der Waals surface area contributed by atoms with E-state index >= 15 is 0 Å². The number of methoxy groups -OCH3 is 1. The zero-order valence-corrected chi connectivity index (χ0v) is 18.6. The average molecular weight is 429 g/mol. The van der Waals surface area contributed by atoms with Crippen LogP contribution in [0.1, 0.15) is 42.3 Å². The Labute approximate surface area is 183 Å². The molecule has 0 aliphatic heterocycles. The Hall–Kier alpha value is -2.90. The van der Waals surface area contributed by atoms with Crippen LogP contribution in [-0.4, -0.2) is 48.6 Å². The van der Waals surface area contributed by atoms with E-state index in [9.17, 15) is 14.7 Å². The summed E-state index contributed by atoms with van der Waals surface area (Å²) in [5.74, 6) is -0.397. The average Bonchev–Trinajstić information content (AvgIpc) is 2.72. The first-order chi connectivity index (χ1) is 14.7. The van der Waals surface area contributed by atoms with Crippen LogP contribution in [0.2, 0.25) is 0 Å². The minimum atomic E-state index is -0.850. The van der Waals surface area contributed by atoms with Crippen molar-refractivity contribution < 1.29 is 24.2 Å². The van der Waals surface area contributed by atoms with Gasteiger partial charge in [-0.3, -0.25) is 0 Å². The fourth-order valence-electron chi connectivity index (χ4n) is 3.04. The highest BCUT2D eigenvalue weighted by atomic mass is 16.6. The highest BCUT2D eigenvalue weighted by molar-refractivity contribution is 5.89. The van der Waals surface area contributed by atoms with Crippen LogP contribution < -0.4 is 10.6 Å². The van der Waals surface area contributed by atoms with Gasteiger partial charge in [0.1, 0.15) is 5.60 Å². The second-order valence-corrected chi connectivity index (χ2v) is 8.33. The molecule has 0 radical (unpaired) electrons. The molecule has 0 aliphatic rings. The molecule has 0 aromatic heterocycles.